The summed E-state index contributed by atoms with van der Waals surface area (Å²) in [4.78, 5) is 10.9. The van der Waals surface area contributed by atoms with Crippen molar-refractivity contribution in [3.63, 3.8) is 0 Å². The largest absolute Gasteiger partial charge is 0.448 e. The fraction of sp³-hybridized carbons (Fsp3) is 0.200. The molecule has 110 valence electrons. The Morgan fingerprint density at radius 2 is 2.05 bits per heavy atom. The highest BCUT2D eigenvalue weighted by atomic mass is 35.5. The molecule has 0 unspecified atom stereocenters. The SMILES string of the molecule is CCNc1cccc(Oc2cc(C)ccc2Cl)c1[N+](=O)[O-]. The van der Waals surface area contributed by atoms with Gasteiger partial charge in [-0.3, -0.25) is 10.1 Å². The van der Waals surface area contributed by atoms with Crippen LogP contribution in [0.4, 0.5) is 11.4 Å². The lowest BCUT2D eigenvalue weighted by molar-refractivity contribution is -0.384. The zero-order chi connectivity index (χ0) is 15.4. The number of halogens is 1. The highest BCUT2D eigenvalue weighted by molar-refractivity contribution is 6.32. The van der Waals surface area contributed by atoms with Gasteiger partial charge in [0.2, 0.25) is 5.75 Å². The number of nitro benzene ring substituents is 1. The van der Waals surface area contributed by atoms with Crippen molar-refractivity contribution < 1.29 is 9.66 Å². The fourth-order valence-corrected chi connectivity index (χ4v) is 2.09. The van der Waals surface area contributed by atoms with Gasteiger partial charge in [0, 0.05) is 6.54 Å². The van der Waals surface area contributed by atoms with Crippen molar-refractivity contribution in [2.45, 2.75) is 13.8 Å². The number of aryl methyl sites for hydroxylation is 1. The molecule has 6 heteroatoms. The predicted octanol–water partition coefficient (Wildman–Crippen LogP) is 4.78. The predicted molar refractivity (Wildman–Crippen MR) is 83.5 cm³/mol. The molecule has 0 fully saturated rings. The Morgan fingerprint density at radius 1 is 1.29 bits per heavy atom. The van der Waals surface area contributed by atoms with E-state index in [-0.39, 0.29) is 11.4 Å². The van der Waals surface area contributed by atoms with E-state index in [0.717, 1.165) is 5.56 Å². The molecule has 0 aliphatic carbocycles. The van der Waals surface area contributed by atoms with E-state index in [1.54, 1.807) is 30.3 Å². The molecule has 0 radical (unpaired) electrons. The molecule has 0 amide bonds. The van der Waals surface area contributed by atoms with Gasteiger partial charge < -0.3 is 10.1 Å². The topological polar surface area (TPSA) is 64.4 Å². The molecular weight excluding hydrogens is 292 g/mol. The van der Waals surface area contributed by atoms with E-state index in [9.17, 15) is 10.1 Å². The van der Waals surface area contributed by atoms with E-state index in [4.69, 9.17) is 16.3 Å². The third kappa shape index (κ3) is 3.44. The number of anilines is 1. The number of ether oxygens (including phenoxy) is 1. The van der Waals surface area contributed by atoms with Gasteiger partial charge in [0.1, 0.15) is 11.4 Å². The summed E-state index contributed by atoms with van der Waals surface area (Å²) in [6, 6.07) is 10.2. The average Bonchev–Trinajstić information content (AvgIpc) is 2.43. The minimum absolute atomic E-state index is 0.100. The number of nitrogens with zero attached hydrogens (tertiary/aromatic N) is 1. The third-order valence-corrected chi connectivity index (χ3v) is 3.17. The second kappa shape index (κ2) is 6.45. The molecule has 0 heterocycles. The maximum Gasteiger partial charge on any atom is 0.334 e. The van der Waals surface area contributed by atoms with E-state index in [2.05, 4.69) is 5.32 Å². The van der Waals surface area contributed by atoms with Gasteiger partial charge in [-0.1, -0.05) is 23.7 Å². The second-order valence-corrected chi connectivity index (χ2v) is 4.88. The lowest BCUT2D eigenvalue weighted by atomic mass is 10.2. The zero-order valence-corrected chi connectivity index (χ0v) is 12.5. The van der Waals surface area contributed by atoms with Crippen LogP contribution in [0.5, 0.6) is 11.5 Å². The summed E-state index contributed by atoms with van der Waals surface area (Å²) in [5.74, 6) is 0.555. The molecule has 0 aromatic heterocycles. The number of benzene rings is 2. The number of hydrogen-bond acceptors (Lipinski definition) is 4. The van der Waals surface area contributed by atoms with Crippen LogP contribution in [0.3, 0.4) is 0 Å². The molecule has 0 atom stereocenters. The average molecular weight is 307 g/mol. The van der Waals surface area contributed by atoms with Crippen LogP contribution in [0.15, 0.2) is 36.4 Å². The lowest BCUT2D eigenvalue weighted by Gasteiger charge is -2.11. The molecule has 0 aliphatic rings. The van der Waals surface area contributed by atoms with Crippen molar-refractivity contribution in [2.75, 3.05) is 11.9 Å². The van der Waals surface area contributed by atoms with Crippen molar-refractivity contribution in [3.05, 3.63) is 57.1 Å². The Hall–Kier alpha value is -2.27. The van der Waals surface area contributed by atoms with Gasteiger partial charge in [-0.25, -0.2) is 0 Å². The first-order valence-electron chi connectivity index (χ1n) is 6.48. The van der Waals surface area contributed by atoms with E-state index in [1.807, 2.05) is 19.9 Å². The van der Waals surface area contributed by atoms with E-state index in [0.29, 0.717) is 23.0 Å². The minimum Gasteiger partial charge on any atom is -0.448 e. The lowest BCUT2D eigenvalue weighted by Crippen LogP contribution is -2.02. The van der Waals surface area contributed by atoms with Gasteiger partial charge >= 0.3 is 5.69 Å². The summed E-state index contributed by atoms with van der Waals surface area (Å²) < 4.78 is 5.66. The molecular formula is C15H15ClN2O3. The number of nitrogens with one attached hydrogen (secondary N) is 1. The second-order valence-electron chi connectivity index (χ2n) is 4.48. The van der Waals surface area contributed by atoms with Crippen LogP contribution in [0, 0.1) is 17.0 Å². The van der Waals surface area contributed by atoms with Gasteiger partial charge in [0.25, 0.3) is 0 Å². The molecule has 0 bridgehead atoms. The van der Waals surface area contributed by atoms with E-state index in [1.165, 1.54) is 0 Å². The fourth-order valence-electron chi connectivity index (χ4n) is 1.93. The smallest absolute Gasteiger partial charge is 0.334 e. The van der Waals surface area contributed by atoms with E-state index >= 15 is 0 Å². The molecule has 0 aliphatic heterocycles. The Kier molecular flexibility index (Phi) is 4.65. The molecule has 21 heavy (non-hydrogen) atoms. The first-order valence-corrected chi connectivity index (χ1v) is 6.86. The van der Waals surface area contributed by atoms with E-state index < -0.39 is 4.92 Å². The van der Waals surface area contributed by atoms with Gasteiger partial charge in [-0.2, -0.15) is 0 Å². The van der Waals surface area contributed by atoms with Crippen LogP contribution in [-0.2, 0) is 0 Å². The minimum atomic E-state index is -0.461. The molecule has 2 aromatic carbocycles. The maximum atomic E-state index is 11.3. The summed E-state index contributed by atoms with van der Waals surface area (Å²) in [6.07, 6.45) is 0. The third-order valence-electron chi connectivity index (χ3n) is 2.86. The van der Waals surface area contributed by atoms with Crippen LogP contribution in [0.25, 0.3) is 0 Å². The van der Waals surface area contributed by atoms with Gasteiger partial charge in [-0.05, 0) is 43.7 Å². The number of hydrogen-bond donors (Lipinski definition) is 1. The maximum absolute atomic E-state index is 11.3. The first-order chi connectivity index (χ1) is 10.0. The molecule has 5 nitrogen and oxygen atoms in total. The summed E-state index contributed by atoms with van der Waals surface area (Å²) in [5, 5.41) is 14.7. The van der Waals surface area contributed by atoms with Crippen LogP contribution in [-0.4, -0.2) is 11.5 Å². The van der Waals surface area contributed by atoms with Crippen molar-refractivity contribution in [1.29, 1.82) is 0 Å². The standard InChI is InChI=1S/C15H15ClN2O3/c1-3-17-12-5-4-6-13(15(12)18(19)20)21-14-9-10(2)7-8-11(14)16/h4-9,17H,3H2,1-2H3. The van der Waals surface area contributed by atoms with Gasteiger partial charge in [0.15, 0.2) is 0 Å². The molecule has 2 aromatic rings. The van der Waals surface area contributed by atoms with Gasteiger partial charge in [0.05, 0.1) is 9.95 Å². The Balaban J connectivity index is 2.46. The highest BCUT2D eigenvalue weighted by Crippen LogP contribution is 2.39. The number of nitro groups is 1. The molecule has 0 saturated heterocycles. The Bertz CT molecular complexity index is 674. The van der Waals surface area contributed by atoms with Crippen LogP contribution < -0.4 is 10.1 Å². The molecule has 0 spiro atoms. The van der Waals surface area contributed by atoms with Crippen LogP contribution in [0.1, 0.15) is 12.5 Å². The summed E-state index contributed by atoms with van der Waals surface area (Å²) in [7, 11) is 0. The Labute approximate surface area is 127 Å². The molecule has 1 N–H and O–H groups in total. The quantitative estimate of drug-likeness (QED) is 0.637. The summed E-state index contributed by atoms with van der Waals surface area (Å²) >= 11 is 6.07. The number of para-hydroxylation sites is 1. The Morgan fingerprint density at radius 3 is 2.71 bits per heavy atom. The first kappa shape index (κ1) is 15.1. The summed E-state index contributed by atoms with van der Waals surface area (Å²) in [6.45, 7) is 4.34. The van der Waals surface area contributed by atoms with Crippen molar-refractivity contribution in [2.24, 2.45) is 0 Å². The van der Waals surface area contributed by atoms with Crippen molar-refractivity contribution >= 4 is 23.0 Å². The van der Waals surface area contributed by atoms with Crippen LogP contribution in [0.2, 0.25) is 5.02 Å². The molecule has 0 saturated carbocycles. The molecule has 2 rings (SSSR count). The number of rotatable bonds is 5. The van der Waals surface area contributed by atoms with Crippen molar-refractivity contribution in [1.82, 2.24) is 0 Å². The summed E-state index contributed by atoms with van der Waals surface area (Å²) in [5.41, 5.74) is 1.28. The highest BCUT2D eigenvalue weighted by Gasteiger charge is 2.21. The van der Waals surface area contributed by atoms with Crippen LogP contribution >= 0.6 is 11.6 Å². The van der Waals surface area contributed by atoms with Gasteiger partial charge in [-0.15, -0.1) is 0 Å². The van der Waals surface area contributed by atoms with Crippen molar-refractivity contribution in [3.8, 4) is 11.5 Å². The monoisotopic (exact) mass is 306 g/mol. The normalized spacial score (nSPS) is 10.2. The zero-order valence-electron chi connectivity index (χ0n) is 11.7.